The molecule has 0 aliphatic carbocycles. The van der Waals surface area contributed by atoms with Gasteiger partial charge in [-0.25, -0.2) is 4.98 Å². The smallest absolute Gasteiger partial charge is 0.226 e. The van der Waals surface area contributed by atoms with Gasteiger partial charge in [-0.3, -0.25) is 4.99 Å². The van der Waals surface area contributed by atoms with E-state index in [1.165, 1.54) is 38.9 Å². The topological polar surface area (TPSA) is 65.7 Å². The second kappa shape index (κ2) is 10.1. The van der Waals surface area contributed by atoms with Crippen LogP contribution in [0, 0.1) is 5.92 Å². The zero-order chi connectivity index (χ0) is 18.9. The van der Waals surface area contributed by atoms with E-state index in [0.29, 0.717) is 18.4 Å². The number of rotatable bonds is 7. The number of nitrogens with one attached hydrogen (secondary N) is 2. The molecule has 0 radical (unpaired) electrons. The molecule has 1 aromatic heterocycles. The van der Waals surface area contributed by atoms with E-state index in [0.717, 1.165) is 23.8 Å². The average molecular weight is 370 g/mol. The monoisotopic (exact) mass is 369 g/mol. The van der Waals surface area contributed by atoms with Crippen LogP contribution in [0.3, 0.4) is 0 Å². The molecule has 1 aliphatic rings. The molecule has 1 saturated heterocycles. The van der Waals surface area contributed by atoms with E-state index in [9.17, 15) is 0 Å². The van der Waals surface area contributed by atoms with Crippen molar-refractivity contribution in [1.29, 1.82) is 0 Å². The minimum absolute atomic E-state index is 0.588. The Kier molecular flexibility index (Phi) is 7.27. The van der Waals surface area contributed by atoms with Crippen LogP contribution in [0.5, 0.6) is 0 Å². The van der Waals surface area contributed by atoms with Crippen LogP contribution in [0.2, 0.25) is 0 Å². The first-order valence-electron chi connectivity index (χ1n) is 9.95. The van der Waals surface area contributed by atoms with Gasteiger partial charge in [-0.05, 0) is 56.9 Å². The summed E-state index contributed by atoms with van der Waals surface area (Å²) in [5.74, 6) is 2.18. The molecule has 0 bridgehead atoms. The van der Waals surface area contributed by atoms with Crippen molar-refractivity contribution in [3.05, 3.63) is 42.3 Å². The summed E-state index contributed by atoms with van der Waals surface area (Å²) < 4.78 is 5.59. The van der Waals surface area contributed by atoms with Gasteiger partial charge in [-0.1, -0.05) is 25.1 Å². The van der Waals surface area contributed by atoms with Crippen LogP contribution < -0.4 is 10.6 Å². The summed E-state index contributed by atoms with van der Waals surface area (Å²) in [6.45, 7) is 7.46. The zero-order valence-corrected chi connectivity index (χ0v) is 16.4. The number of aromatic nitrogens is 1. The maximum atomic E-state index is 5.59. The average Bonchev–Trinajstić information content (AvgIpc) is 3.19. The largest absolute Gasteiger partial charge is 0.444 e. The van der Waals surface area contributed by atoms with Crippen LogP contribution in [0.15, 0.2) is 46.0 Å². The summed E-state index contributed by atoms with van der Waals surface area (Å²) in [5, 5.41) is 6.78. The predicted octanol–water partition coefficient (Wildman–Crippen LogP) is 3.13. The van der Waals surface area contributed by atoms with Gasteiger partial charge in [0, 0.05) is 19.2 Å². The maximum absolute atomic E-state index is 5.59. The molecule has 0 saturated carbocycles. The highest BCUT2D eigenvalue weighted by Gasteiger charge is 2.18. The van der Waals surface area contributed by atoms with Gasteiger partial charge < -0.3 is 20.0 Å². The van der Waals surface area contributed by atoms with Gasteiger partial charge in [0.25, 0.3) is 0 Å². The van der Waals surface area contributed by atoms with E-state index in [1.54, 1.807) is 13.3 Å². The molecular formula is C21H31N5O. The normalized spacial score (nSPS) is 16.4. The summed E-state index contributed by atoms with van der Waals surface area (Å²) >= 11 is 0. The lowest BCUT2D eigenvalue weighted by Gasteiger charge is -2.32. The second-order valence-corrected chi connectivity index (χ2v) is 7.10. The predicted molar refractivity (Wildman–Crippen MR) is 110 cm³/mol. The van der Waals surface area contributed by atoms with Gasteiger partial charge in [-0.15, -0.1) is 0 Å². The Morgan fingerprint density at radius 2 is 2.00 bits per heavy atom. The molecule has 146 valence electrons. The standard InChI is InChI=1S/C21H31N5O/c1-3-11-26-12-9-17(10-13-26)14-23-21(22-2)24-15-19-16-27-20(25-19)18-7-5-4-6-8-18/h4-8,16-17H,3,9-15H2,1-2H3,(H2,22,23,24). The Bertz CT molecular complexity index is 704. The minimum atomic E-state index is 0.588. The molecule has 27 heavy (non-hydrogen) atoms. The first-order valence-corrected chi connectivity index (χ1v) is 9.95. The number of benzene rings is 1. The fourth-order valence-electron chi connectivity index (χ4n) is 3.47. The van der Waals surface area contributed by atoms with Crippen LogP contribution >= 0.6 is 0 Å². The molecule has 0 unspecified atom stereocenters. The number of hydrogen-bond donors (Lipinski definition) is 2. The molecule has 6 nitrogen and oxygen atoms in total. The van der Waals surface area contributed by atoms with Gasteiger partial charge in [-0.2, -0.15) is 0 Å². The molecule has 2 heterocycles. The van der Waals surface area contributed by atoms with Crippen molar-refractivity contribution in [3.8, 4) is 11.5 Å². The number of guanidine groups is 1. The number of likely N-dealkylation sites (tertiary alicyclic amines) is 1. The molecule has 1 fully saturated rings. The summed E-state index contributed by atoms with van der Waals surface area (Å²) in [5.41, 5.74) is 1.85. The number of piperidine rings is 1. The van der Waals surface area contributed by atoms with Crippen LogP contribution in [0.25, 0.3) is 11.5 Å². The van der Waals surface area contributed by atoms with Crippen LogP contribution in [-0.4, -0.2) is 49.1 Å². The Morgan fingerprint density at radius 3 is 2.70 bits per heavy atom. The lowest BCUT2D eigenvalue weighted by atomic mass is 9.97. The van der Waals surface area contributed by atoms with Crippen molar-refractivity contribution < 1.29 is 4.42 Å². The Labute approximate surface area is 162 Å². The zero-order valence-electron chi connectivity index (χ0n) is 16.4. The fourth-order valence-corrected chi connectivity index (χ4v) is 3.47. The van der Waals surface area contributed by atoms with E-state index in [2.05, 4.69) is 32.4 Å². The third-order valence-electron chi connectivity index (χ3n) is 5.04. The van der Waals surface area contributed by atoms with E-state index in [4.69, 9.17) is 4.42 Å². The van der Waals surface area contributed by atoms with Crippen LogP contribution in [0.1, 0.15) is 31.9 Å². The Hall–Kier alpha value is -2.34. The molecule has 2 N–H and O–H groups in total. The minimum Gasteiger partial charge on any atom is -0.444 e. The highest BCUT2D eigenvalue weighted by molar-refractivity contribution is 5.79. The van der Waals surface area contributed by atoms with Crippen LogP contribution in [0.4, 0.5) is 0 Å². The highest BCUT2D eigenvalue weighted by Crippen LogP contribution is 2.18. The highest BCUT2D eigenvalue weighted by atomic mass is 16.3. The lowest BCUT2D eigenvalue weighted by Crippen LogP contribution is -2.42. The molecule has 3 rings (SSSR count). The van der Waals surface area contributed by atoms with Gasteiger partial charge in [0.2, 0.25) is 5.89 Å². The van der Waals surface area contributed by atoms with Gasteiger partial charge in [0.05, 0.1) is 12.2 Å². The molecule has 1 aliphatic heterocycles. The first kappa shape index (κ1) is 19.4. The van der Waals surface area contributed by atoms with Crippen molar-refractivity contribution in [2.45, 2.75) is 32.7 Å². The van der Waals surface area contributed by atoms with E-state index < -0.39 is 0 Å². The SMILES string of the molecule is CCCN1CCC(CNC(=NC)NCc2coc(-c3ccccc3)n2)CC1. The van der Waals surface area contributed by atoms with Gasteiger partial charge in [0.15, 0.2) is 5.96 Å². The number of aliphatic imine (C=N–C) groups is 1. The van der Waals surface area contributed by atoms with Crippen molar-refractivity contribution in [1.82, 2.24) is 20.5 Å². The molecule has 6 heteroatoms. The summed E-state index contributed by atoms with van der Waals surface area (Å²) in [4.78, 5) is 11.4. The van der Waals surface area contributed by atoms with Crippen molar-refractivity contribution >= 4 is 5.96 Å². The summed E-state index contributed by atoms with van der Waals surface area (Å²) in [7, 11) is 1.80. The third kappa shape index (κ3) is 5.82. The Morgan fingerprint density at radius 1 is 1.22 bits per heavy atom. The van der Waals surface area contributed by atoms with E-state index in [-0.39, 0.29) is 0 Å². The molecule has 0 atom stereocenters. The summed E-state index contributed by atoms with van der Waals surface area (Å²) in [6, 6.07) is 9.94. The molecule has 0 spiro atoms. The Balaban J connectivity index is 1.42. The van der Waals surface area contributed by atoms with Crippen molar-refractivity contribution in [3.63, 3.8) is 0 Å². The van der Waals surface area contributed by atoms with E-state index in [1.807, 2.05) is 30.3 Å². The quantitative estimate of drug-likeness (QED) is 0.580. The van der Waals surface area contributed by atoms with Crippen molar-refractivity contribution in [2.24, 2.45) is 10.9 Å². The van der Waals surface area contributed by atoms with Gasteiger partial charge >= 0.3 is 0 Å². The summed E-state index contributed by atoms with van der Waals surface area (Å²) in [6.07, 6.45) is 5.46. The number of oxazole rings is 1. The molecule has 2 aromatic rings. The van der Waals surface area contributed by atoms with Crippen molar-refractivity contribution in [2.75, 3.05) is 33.2 Å². The fraction of sp³-hybridized carbons (Fsp3) is 0.524. The maximum Gasteiger partial charge on any atom is 0.226 e. The molecular weight excluding hydrogens is 338 g/mol. The number of hydrogen-bond acceptors (Lipinski definition) is 4. The lowest BCUT2D eigenvalue weighted by molar-refractivity contribution is 0.185. The van der Waals surface area contributed by atoms with E-state index >= 15 is 0 Å². The number of nitrogens with zero attached hydrogens (tertiary/aromatic N) is 3. The molecule has 0 amide bonds. The van der Waals surface area contributed by atoms with Gasteiger partial charge in [0.1, 0.15) is 6.26 Å². The molecule has 1 aromatic carbocycles. The second-order valence-electron chi connectivity index (χ2n) is 7.10. The van der Waals surface area contributed by atoms with Crippen LogP contribution in [-0.2, 0) is 6.54 Å². The first-order chi connectivity index (χ1) is 13.3. The third-order valence-corrected chi connectivity index (χ3v) is 5.04.